The summed E-state index contributed by atoms with van der Waals surface area (Å²) in [5.41, 5.74) is 3.14. The lowest BCUT2D eigenvalue weighted by atomic mass is 9.95. The van der Waals surface area contributed by atoms with E-state index in [2.05, 4.69) is 5.32 Å². The Morgan fingerprint density at radius 1 is 1.25 bits per heavy atom. The van der Waals surface area contributed by atoms with Crippen LogP contribution in [-0.2, 0) is 11.2 Å². The number of anilines is 1. The van der Waals surface area contributed by atoms with Crippen LogP contribution < -0.4 is 5.32 Å². The molecule has 4 heteroatoms. The molecule has 0 radical (unpaired) electrons. The molecule has 0 bridgehead atoms. The molecule has 0 saturated carbocycles. The Hall–Kier alpha value is -2.20. The largest absolute Gasteiger partial charge is 0.383 e. The predicted octanol–water partition coefficient (Wildman–Crippen LogP) is 2.71. The van der Waals surface area contributed by atoms with E-state index in [1.807, 2.05) is 13.0 Å². The summed E-state index contributed by atoms with van der Waals surface area (Å²) < 4.78 is 13.8. The standard InChI is InChI=1S/C16H14FNO2/c1-9-6-10-8-14(19)18-15(10)12(7-9)16(20)11-4-2-3-5-13(11)17/h2-7,16,20H,8H2,1H3,(H,18,19). The summed E-state index contributed by atoms with van der Waals surface area (Å²) in [6.45, 7) is 1.89. The predicted molar refractivity (Wildman–Crippen MR) is 74.0 cm³/mol. The maximum absolute atomic E-state index is 13.8. The van der Waals surface area contributed by atoms with E-state index in [9.17, 15) is 14.3 Å². The number of carbonyl (C=O) groups is 1. The van der Waals surface area contributed by atoms with Gasteiger partial charge in [0, 0.05) is 11.1 Å². The van der Waals surface area contributed by atoms with Crippen molar-refractivity contribution < 1.29 is 14.3 Å². The van der Waals surface area contributed by atoms with E-state index < -0.39 is 11.9 Å². The molecule has 0 aliphatic carbocycles. The Labute approximate surface area is 116 Å². The van der Waals surface area contributed by atoms with Crippen molar-refractivity contribution in [1.82, 2.24) is 0 Å². The van der Waals surface area contributed by atoms with E-state index in [-0.39, 0.29) is 11.5 Å². The Kier molecular flexibility index (Phi) is 3.03. The molecule has 20 heavy (non-hydrogen) atoms. The maximum atomic E-state index is 13.8. The number of hydrogen-bond donors (Lipinski definition) is 2. The van der Waals surface area contributed by atoms with Crippen molar-refractivity contribution in [2.45, 2.75) is 19.4 Å². The second-order valence-electron chi connectivity index (χ2n) is 5.04. The molecule has 3 rings (SSSR count). The zero-order chi connectivity index (χ0) is 14.3. The molecule has 1 heterocycles. The van der Waals surface area contributed by atoms with Crippen LogP contribution in [0.25, 0.3) is 0 Å². The summed E-state index contributed by atoms with van der Waals surface area (Å²) in [5.74, 6) is -0.563. The van der Waals surface area contributed by atoms with Crippen LogP contribution in [0, 0.1) is 12.7 Å². The average Bonchev–Trinajstić information content (AvgIpc) is 2.77. The number of rotatable bonds is 2. The van der Waals surface area contributed by atoms with Crippen molar-refractivity contribution in [3.8, 4) is 0 Å². The van der Waals surface area contributed by atoms with Gasteiger partial charge in [0.15, 0.2) is 0 Å². The second kappa shape index (κ2) is 4.72. The molecular formula is C16H14FNO2. The van der Waals surface area contributed by atoms with Gasteiger partial charge in [-0.15, -0.1) is 0 Å². The molecule has 0 aromatic heterocycles. The van der Waals surface area contributed by atoms with Crippen LogP contribution in [0.2, 0.25) is 0 Å². The first kappa shape index (κ1) is 12.8. The molecule has 1 aliphatic rings. The third-order valence-electron chi connectivity index (χ3n) is 3.50. The minimum absolute atomic E-state index is 0.104. The number of carbonyl (C=O) groups excluding carboxylic acids is 1. The first-order chi connectivity index (χ1) is 9.56. The highest BCUT2D eigenvalue weighted by atomic mass is 19.1. The molecule has 1 amide bonds. The number of aliphatic hydroxyl groups excluding tert-OH is 1. The number of halogens is 1. The molecule has 1 aliphatic heterocycles. The topological polar surface area (TPSA) is 49.3 Å². The van der Waals surface area contributed by atoms with Gasteiger partial charge in [-0.25, -0.2) is 4.39 Å². The van der Waals surface area contributed by atoms with Crippen molar-refractivity contribution >= 4 is 11.6 Å². The van der Waals surface area contributed by atoms with Gasteiger partial charge < -0.3 is 10.4 Å². The fraction of sp³-hybridized carbons (Fsp3) is 0.188. The second-order valence-corrected chi connectivity index (χ2v) is 5.04. The van der Waals surface area contributed by atoms with E-state index in [4.69, 9.17) is 0 Å². The van der Waals surface area contributed by atoms with Gasteiger partial charge in [-0.1, -0.05) is 35.9 Å². The molecule has 0 fully saturated rings. The van der Waals surface area contributed by atoms with Crippen LogP contribution in [0.1, 0.15) is 28.4 Å². The summed E-state index contributed by atoms with van der Waals surface area (Å²) in [6, 6.07) is 9.80. The highest BCUT2D eigenvalue weighted by Crippen LogP contribution is 2.36. The minimum atomic E-state index is -1.09. The fourth-order valence-corrected chi connectivity index (χ4v) is 2.62. The Morgan fingerprint density at radius 3 is 2.75 bits per heavy atom. The molecule has 1 atom stereocenters. The molecule has 1 unspecified atom stereocenters. The maximum Gasteiger partial charge on any atom is 0.228 e. The summed E-state index contributed by atoms with van der Waals surface area (Å²) in [6.07, 6.45) is -0.795. The SMILES string of the molecule is Cc1cc2c(c(C(O)c3ccccc3F)c1)NC(=O)C2. The van der Waals surface area contributed by atoms with Crippen LogP contribution in [0.4, 0.5) is 10.1 Å². The monoisotopic (exact) mass is 271 g/mol. The van der Waals surface area contributed by atoms with Gasteiger partial charge >= 0.3 is 0 Å². The molecule has 0 spiro atoms. The molecule has 3 nitrogen and oxygen atoms in total. The van der Waals surface area contributed by atoms with Crippen molar-refractivity contribution in [3.05, 3.63) is 64.5 Å². The van der Waals surface area contributed by atoms with Crippen LogP contribution in [-0.4, -0.2) is 11.0 Å². The number of hydrogen-bond acceptors (Lipinski definition) is 2. The first-order valence-electron chi connectivity index (χ1n) is 6.42. The van der Waals surface area contributed by atoms with Gasteiger partial charge in [0.25, 0.3) is 0 Å². The lowest BCUT2D eigenvalue weighted by Crippen LogP contribution is -2.08. The number of fused-ring (bicyclic) bond motifs is 1. The molecule has 0 saturated heterocycles. The van der Waals surface area contributed by atoms with E-state index in [1.165, 1.54) is 6.07 Å². The minimum Gasteiger partial charge on any atom is -0.383 e. The van der Waals surface area contributed by atoms with Crippen molar-refractivity contribution in [2.24, 2.45) is 0 Å². The Bertz CT molecular complexity index is 697. The normalized spacial score (nSPS) is 14.8. The highest BCUT2D eigenvalue weighted by molar-refractivity contribution is 6.00. The molecule has 2 N–H and O–H groups in total. The quantitative estimate of drug-likeness (QED) is 0.882. The van der Waals surface area contributed by atoms with Crippen molar-refractivity contribution in [3.63, 3.8) is 0 Å². The number of amides is 1. The van der Waals surface area contributed by atoms with Gasteiger partial charge in [-0.3, -0.25) is 4.79 Å². The van der Waals surface area contributed by atoms with E-state index >= 15 is 0 Å². The van der Waals surface area contributed by atoms with Crippen LogP contribution >= 0.6 is 0 Å². The molecule has 2 aromatic rings. The fourth-order valence-electron chi connectivity index (χ4n) is 2.62. The lowest BCUT2D eigenvalue weighted by Gasteiger charge is -2.17. The summed E-state index contributed by atoms with van der Waals surface area (Å²) in [4.78, 5) is 11.5. The van der Waals surface area contributed by atoms with E-state index in [0.29, 0.717) is 17.7 Å². The zero-order valence-corrected chi connectivity index (χ0v) is 11.0. The first-order valence-corrected chi connectivity index (χ1v) is 6.42. The molecule has 102 valence electrons. The van der Waals surface area contributed by atoms with Crippen molar-refractivity contribution in [1.29, 1.82) is 0 Å². The molecule has 2 aromatic carbocycles. The van der Waals surface area contributed by atoms with Gasteiger partial charge in [0.1, 0.15) is 11.9 Å². The third-order valence-corrected chi connectivity index (χ3v) is 3.50. The van der Waals surface area contributed by atoms with Gasteiger partial charge in [0.05, 0.1) is 12.1 Å². The smallest absolute Gasteiger partial charge is 0.228 e. The Balaban J connectivity index is 2.12. The third kappa shape index (κ3) is 2.08. The van der Waals surface area contributed by atoms with Gasteiger partial charge in [0.2, 0.25) is 5.91 Å². The van der Waals surface area contributed by atoms with Crippen molar-refractivity contribution in [2.75, 3.05) is 5.32 Å². The van der Waals surface area contributed by atoms with Crippen LogP contribution in [0.15, 0.2) is 36.4 Å². The highest BCUT2D eigenvalue weighted by Gasteiger charge is 2.26. The molecular weight excluding hydrogens is 257 g/mol. The summed E-state index contributed by atoms with van der Waals surface area (Å²) in [5, 5.41) is 13.2. The zero-order valence-electron chi connectivity index (χ0n) is 11.0. The summed E-state index contributed by atoms with van der Waals surface area (Å²) in [7, 11) is 0. The van der Waals surface area contributed by atoms with Gasteiger partial charge in [-0.05, 0) is 18.6 Å². The number of aliphatic hydroxyl groups is 1. The lowest BCUT2D eigenvalue weighted by molar-refractivity contribution is -0.115. The van der Waals surface area contributed by atoms with Crippen LogP contribution in [0.5, 0.6) is 0 Å². The van der Waals surface area contributed by atoms with E-state index in [1.54, 1.807) is 24.3 Å². The van der Waals surface area contributed by atoms with Gasteiger partial charge in [-0.2, -0.15) is 0 Å². The number of aryl methyl sites for hydroxylation is 1. The average molecular weight is 271 g/mol. The van der Waals surface area contributed by atoms with Crippen LogP contribution in [0.3, 0.4) is 0 Å². The number of nitrogens with one attached hydrogen (secondary N) is 1. The number of benzene rings is 2. The Morgan fingerprint density at radius 2 is 2.00 bits per heavy atom. The van der Waals surface area contributed by atoms with E-state index in [0.717, 1.165) is 11.1 Å². The summed E-state index contributed by atoms with van der Waals surface area (Å²) >= 11 is 0.